The summed E-state index contributed by atoms with van der Waals surface area (Å²) in [5.41, 5.74) is -0.0603. The Morgan fingerprint density at radius 3 is 2.09 bits per heavy atom. The standard InChI is InChI=1S/C40H56N6O8S/c1-9-10-21-28(33(48)36(50)41-22-29(47)43-31(37(51)45(7)8)26-19-15-12-16-20-26)42-35(49)32-30-27(40(30,5)6)23-46(32)38(52)34(39(2,3)4)44-55(53,54)24-25-17-13-11-14-18-25/h11-20,27-28,30-32,34,44H,9-10,21-24H2,1-8H3,(H,41,50)(H,42,49)(H,43,47)/t27?,28?,30?,31-,32-,34+/m0/s1. The molecule has 2 aromatic rings. The molecule has 0 aromatic heterocycles. The van der Waals surface area contributed by atoms with Crippen LogP contribution in [0.25, 0.3) is 0 Å². The minimum Gasteiger partial charge on any atom is -0.347 e. The van der Waals surface area contributed by atoms with Crippen LogP contribution in [0.15, 0.2) is 60.7 Å². The number of fused-ring (bicyclic) bond motifs is 1. The highest BCUT2D eigenvalue weighted by Crippen LogP contribution is 2.65. The fourth-order valence-electron chi connectivity index (χ4n) is 7.33. The average molecular weight is 781 g/mol. The fraction of sp³-hybridized carbons (Fsp3) is 0.550. The number of carbonyl (C=O) groups excluding carboxylic acids is 6. The molecular weight excluding hydrogens is 725 g/mol. The number of ketones is 1. The number of hydrogen-bond donors (Lipinski definition) is 4. The van der Waals surface area contributed by atoms with Crippen LogP contribution in [-0.2, 0) is 44.5 Å². The first-order chi connectivity index (χ1) is 25.7. The van der Waals surface area contributed by atoms with Gasteiger partial charge in [0, 0.05) is 20.6 Å². The van der Waals surface area contributed by atoms with Crippen LogP contribution in [0.2, 0.25) is 0 Å². The van der Waals surface area contributed by atoms with Crippen LogP contribution in [0, 0.1) is 22.7 Å². The van der Waals surface area contributed by atoms with Crippen molar-refractivity contribution in [1.29, 1.82) is 0 Å². The number of likely N-dealkylation sites (N-methyl/N-ethyl adjacent to an activating group) is 1. The van der Waals surface area contributed by atoms with Crippen molar-refractivity contribution < 1.29 is 37.2 Å². The number of benzene rings is 2. The molecule has 3 unspecified atom stereocenters. The molecule has 14 nitrogen and oxygen atoms in total. The molecule has 0 bridgehead atoms. The minimum atomic E-state index is -3.98. The number of rotatable bonds is 17. The van der Waals surface area contributed by atoms with Crippen LogP contribution in [0.1, 0.15) is 78.0 Å². The molecule has 4 rings (SSSR count). The lowest BCUT2D eigenvalue weighted by atomic mass is 9.86. The van der Waals surface area contributed by atoms with Crippen molar-refractivity contribution in [1.82, 2.24) is 30.5 Å². The lowest BCUT2D eigenvalue weighted by Crippen LogP contribution is -2.60. The summed E-state index contributed by atoms with van der Waals surface area (Å²) in [4.78, 5) is 83.8. The van der Waals surface area contributed by atoms with E-state index >= 15 is 0 Å². The first kappa shape index (κ1) is 43.1. The molecule has 1 aliphatic heterocycles. The minimum absolute atomic E-state index is 0.0283. The summed E-state index contributed by atoms with van der Waals surface area (Å²) in [5.74, 6) is -4.90. The van der Waals surface area contributed by atoms with E-state index in [9.17, 15) is 37.2 Å². The summed E-state index contributed by atoms with van der Waals surface area (Å²) < 4.78 is 29.3. The van der Waals surface area contributed by atoms with Gasteiger partial charge in [0.15, 0.2) is 0 Å². The predicted octanol–water partition coefficient (Wildman–Crippen LogP) is 2.31. The van der Waals surface area contributed by atoms with E-state index in [1.54, 1.807) is 95.5 Å². The van der Waals surface area contributed by atoms with Gasteiger partial charge in [-0.05, 0) is 40.2 Å². The van der Waals surface area contributed by atoms with Crippen molar-refractivity contribution in [2.45, 2.75) is 90.7 Å². The summed E-state index contributed by atoms with van der Waals surface area (Å²) in [7, 11) is -0.872. The van der Waals surface area contributed by atoms with Gasteiger partial charge in [-0.1, -0.05) is 115 Å². The summed E-state index contributed by atoms with van der Waals surface area (Å²) in [6.45, 7) is 10.8. The monoisotopic (exact) mass is 780 g/mol. The highest BCUT2D eigenvalue weighted by molar-refractivity contribution is 7.88. The van der Waals surface area contributed by atoms with Gasteiger partial charge in [0.25, 0.3) is 5.91 Å². The Morgan fingerprint density at radius 1 is 0.927 bits per heavy atom. The zero-order valence-corrected chi connectivity index (χ0v) is 33.9. The van der Waals surface area contributed by atoms with Crippen molar-refractivity contribution in [3.8, 4) is 0 Å². The second kappa shape index (κ2) is 17.4. The second-order valence-electron chi connectivity index (χ2n) is 16.4. The molecular formula is C40H56N6O8S. The zero-order chi connectivity index (χ0) is 40.9. The quantitative estimate of drug-likeness (QED) is 0.176. The fourth-order valence-corrected chi connectivity index (χ4v) is 8.86. The molecule has 1 saturated carbocycles. The van der Waals surface area contributed by atoms with Crippen LogP contribution in [0.3, 0.4) is 0 Å². The van der Waals surface area contributed by atoms with Gasteiger partial charge in [0.05, 0.1) is 18.3 Å². The van der Waals surface area contributed by atoms with E-state index in [2.05, 4.69) is 20.7 Å². The number of piperidine rings is 1. The van der Waals surface area contributed by atoms with Gasteiger partial charge in [-0.15, -0.1) is 0 Å². The van der Waals surface area contributed by atoms with Crippen molar-refractivity contribution in [2.24, 2.45) is 22.7 Å². The van der Waals surface area contributed by atoms with Crippen LogP contribution in [0.4, 0.5) is 0 Å². The largest absolute Gasteiger partial charge is 0.347 e. The van der Waals surface area contributed by atoms with E-state index in [4.69, 9.17) is 0 Å². The van der Waals surface area contributed by atoms with Crippen LogP contribution in [-0.4, -0.2) is 98.8 Å². The first-order valence-corrected chi connectivity index (χ1v) is 20.4. The zero-order valence-electron chi connectivity index (χ0n) is 33.0. The SMILES string of the molecule is CCCCC(NC(=O)[C@@H]1C2C(CN1C(=O)[C@@H](NS(=O)(=O)Cc1ccccc1)C(C)(C)C)C2(C)C)C(=O)C(=O)NCC(=O)N[C@H](C(=O)N(C)C)c1ccccc1. The topological polar surface area (TPSA) is 191 Å². The third-order valence-electron chi connectivity index (χ3n) is 10.6. The van der Waals surface area contributed by atoms with Crippen LogP contribution in [0.5, 0.6) is 0 Å². The Bertz CT molecular complexity index is 1850. The second-order valence-corrected chi connectivity index (χ2v) is 18.2. The van der Waals surface area contributed by atoms with E-state index in [0.717, 1.165) is 0 Å². The highest BCUT2D eigenvalue weighted by Gasteiger charge is 2.70. The van der Waals surface area contributed by atoms with E-state index in [1.807, 2.05) is 20.8 Å². The molecule has 55 heavy (non-hydrogen) atoms. The smallest absolute Gasteiger partial charge is 0.290 e. The third-order valence-corrected chi connectivity index (χ3v) is 11.9. The van der Waals surface area contributed by atoms with E-state index in [1.165, 1.54) is 9.80 Å². The molecule has 2 aromatic carbocycles. The number of likely N-dealkylation sites (tertiary alicyclic amines) is 1. The van der Waals surface area contributed by atoms with Gasteiger partial charge >= 0.3 is 0 Å². The van der Waals surface area contributed by atoms with Gasteiger partial charge in [0.2, 0.25) is 39.4 Å². The van der Waals surface area contributed by atoms with Crippen LogP contribution < -0.4 is 20.7 Å². The molecule has 2 aliphatic rings. The number of nitrogens with one attached hydrogen (secondary N) is 4. The van der Waals surface area contributed by atoms with Crippen molar-refractivity contribution in [3.05, 3.63) is 71.8 Å². The Balaban J connectivity index is 1.48. The van der Waals surface area contributed by atoms with Crippen molar-refractivity contribution >= 4 is 45.3 Å². The Kier molecular flexibility index (Phi) is 13.7. The Labute approximate surface area is 324 Å². The number of Topliss-reactive ketones (excluding diaryl/α,β-unsaturated/α-hetero) is 1. The van der Waals surface area contributed by atoms with Crippen molar-refractivity contribution in [2.75, 3.05) is 27.2 Å². The number of carbonyl (C=O) groups is 6. The Morgan fingerprint density at radius 2 is 1.53 bits per heavy atom. The molecule has 1 saturated heterocycles. The molecule has 5 amide bonds. The lowest BCUT2D eigenvalue weighted by Gasteiger charge is -2.37. The summed E-state index contributed by atoms with van der Waals surface area (Å²) in [6.07, 6.45) is 1.29. The molecule has 2 fully saturated rings. The number of nitrogens with zero attached hydrogens (tertiary/aromatic N) is 2. The molecule has 1 aliphatic carbocycles. The molecule has 4 N–H and O–H groups in total. The molecule has 300 valence electrons. The maximum Gasteiger partial charge on any atom is 0.290 e. The molecule has 15 heteroatoms. The molecule has 0 spiro atoms. The maximum absolute atomic E-state index is 14.3. The number of amides is 5. The number of hydrogen-bond acceptors (Lipinski definition) is 8. The first-order valence-electron chi connectivity index (χ1n) is 18.7. The lowest BCUT2D eigenvalue weighted by molar-refractivity contribution is -0.145. The van der Waals surface area contributed by atoms with E-state index in [0.29, 0.717) is 24.0 Å². The van der Waals surface area contributed by atoms with E-state index in [-0.39, 0.29) is 41.9 Å². The average Bonchev–Trinajstić information content (AvgIpc) is 3.42. The molecule has 0 radical (unpaired) electrons. The molecule has 1 heterocycles. The van der Waals surface area contributed by atoms with Crippen molar-refractivity contribution in [3.63, 3.8) is 0 Å². The Hall–Kier alpha value is -4.63. The van der Waals surface area contributed by atoms with Gasteiger partial charge in [-0.2, -0.15) is 0 Å². The normalized spacial score (nSPS) is 20.3. The summed E-state index contributed by atoms with van der Waals surface area (Å²) >= 11 is 0. The number of sulfonamides is 1. The van der Waals surface area contributed by atoms with Crippen LogP contribution >= 0.6 is 0 Å². The molecule has 6 atom stereocenters. The third kappa shape index (κ3) is 10.6. The summed E-state index contributed by atoms with van der Waals surface area (Å²) in [5, 5.41) is 7.69. The maximum atomic E-state index is 14.3. The predicted molar refractivity (Wildman–Crippen MR) is 207 cm³/mol. The van der Waals surface area contributed by atoms with Gasteiger partial charge in [0.1, 0.15) is 18.1 Å². The van der Waals surface area contributed by atoms with Gasteiger partial charge in [-0.3, -0.25) is 28.8 Å². The van der Waals surface area contributed by atoms with Gasteiger partial charge < -0.3 is 25.8 Å². The highest BCUT2D eigenvalue weighted by atomic mass is 32.2. The van der Waals surface area contributed by atoms with Gasteiger partial charge in [-0.25, -0.2) is 13.1 Å². The summed E-state index contributed by atoms with van der Waals surface area (Å²) in [6, 6.07) is 12.8. The number of unbranched alkanes of at least 4 members (excludes halogenated alkanes) is 1. The van der Waals surface area contributed by atoms with E-state index < -0.39 is 75.6 Å².